The third-order valence-electron chi connectivity index (χ3n) is 2.07. The highest BCUT2D eigenvalue weighted by Crippen LogP contribution is 2.39. The smallest absolute Gasteiger partial charge is 0.166 e. The summed E-state index contributed by atoms with van der Waals surface area (Å²) in [5.74, 6) is 0.621. The largest absolute Gasteiger partial charge is 0.493 e. The molecule has 4 heteroatoms. The Morgan fingerprint density at radius 1 is 1.62 bits per heavy atom. The van der Waals surface area contributed by atoms with Crippen LogP contribution in [0.5, 0.6) is 11.5 Å². The summed E-state index contributed by atoms with van der Waals surface area (Å²) in [6.45, 7) is 0.384. The van der Waals surface area contributed by atoms with Crippen LogP contribution >= 0.6 is 0 Å². The molecule has 1 unspecified atom stereocenters. The maximum atomic E-state index is 13.0. The molecule has 0 spiro atoms. The Balaban J connectivity index is 2.56. The maximum absolute atomic E-state index is 13.0. The van der Waals surface area contributed by atoms with Crippen molar-refractivity contribution in [1.29, 1.82) is 0 Å². The second-order valence-electron chi connectivity index (χ2n) is 2.94. The van der Waals surface area contributed by atoms with Crippen molar-refractivity contribution in [3.8, 4) is 11.5 Å². The van der Waals surface area contributed by atoms with Gasteiger partial charge in [-0.2, -0.15) is 0 Å². The zero-order valence-corrected chi connectivity index (χ0v) is 7.21. The topological polar surface area (TPSA) is 44.5 Å². The molecule has 2 N–H and O–H groups in total. The summed E-state index contributed by atoms with van der Waals surface area (Å²) in [5.41, 5.74) is 6.37. The van der Waals surface area contributed by atoms with Gasteiger partial charge in [-0.25, -0.2) is 4.39 Å². The number of hydrogen-bond acceptors (Lipinski definition) is 3. The lowest BCUT2D eigenvalue weighted by atomic mass is 10.1. The number of ether oxygens (including phenoxy) is 2. The van der Waals surface area contributed by atoms with Crippen LogP contribution in [0.3, 0.4) is 0 Å². The van der Waals surface area contributed by atoms with Gasteiger partial charge in [0, 0.05) is 11.6 Å². The first-order valence-corrected chi connectivity index (χ1v) is 3.98. The van der Waals surface area contributed by atoms with E-state index in [2.05, 4.69) is 0 Å². The number of benzene rings is 1. The average Bonchev–Trinajstić information content (AvgIpc) is 2.47. The Kier molecular flexibility index (Phi) is 1.84. The van der Waals surface area contributed by atoms with Crippen LogP contribution in [-0.4, -0.2) is 13.7 Å². The fourth-order valence-corrected chi connectivity index (χ4v) is 1.43. The van der Waals surface area contributed by atoms with Crippen molar-refractivity contribution in [2.45, 2.75) is 6.04 Å². The third-order valence-corrected chi connectivity index (χ3v) is 2.07. The highest BCUT2D eigenvalue weighted by molar-refractivity contribution is 5.50. The summed E-state index contributed by atoms with van der Waals surface area (Å²) >= 11 is 0. The summed E-state index contributed by atoms with van der Waals surface area (Å²) in [6.07, 6.45) is 0. The first-order chi connectivity index (χ1) is 6.22. The number of halogens is 1. The molecule has 0 aliphatic carbocycles. The highest BCUT2D eigenvalue weighted by Gasteiger charge is 2.25. The Hall–Kier alpha value is -1.29. The molecule has 1 heterocycles. The molecule has 1 aromatic rings. The lowest BCUT2D eigenvalue weighted by molar-refractivity contribution is 0.310. The molecular formula is C9H10FNO2. The predicted molar refractivity (Wildman–Crippen MR) is 45.4 cm³/mol. The maximum Gasteiger partial charge on any atom is 0.166 e. The highest BCUT2D eigenvalue weighted by atomic mass is 19.1. The van der Waals surface area contributed by atoms with Crippen LogP contribution in [-0.2, 0) is 0 Å². The van der Waals surface area contributed by atoms with Crippen LogP contribution in [0, 0.1) is 5.82 Å². The first-order valence-electron chi connectivity index (χ1n) is 3.98. The van der Waals surface area contributed by atoms with Gasteiger partial charge < -0.3 is 15.2 Å². The molecule has 0 bridgehead atoms. The number of hydrogen-bond donors (Lipinski definition) is 1. The normalized spacial score (nSPS) is 19.5. The van der Waals surface area contributed by atoms with Crippen molar-refractivity contribution in [2.24, 2.45) is 5.73 Å². The van der Waals surface area contributed by atoms with Crippen LogP contribution < -0.4 is 15.2 Å². The SMILES string of the molecule is COc1cc(F)cc2c1OCC2N. The van der Waals surface area contributed by atoms with E-state index in [0.29, 0.717) is 23.7 Å². The van der Waals surface area contributed by atoms with Crippen molar-refractivity contribution >= 4 is 0 Å². The lowest BCUT2D eigenvalue weighted by Crippen LogP contribution is -2.10. The van der Waals surface area contributed by atoms with Gasteiger partial charge in [-0.15, -0.1) is 0 Å². The summed E-state index contributed by atoms with van der Waals surface area (Å²) < 4.78 is 23.2. The van der Waals surface area contributed by atoms with Crippen LogP contribution in [0.4, 0.5) is 4.39 Å². The molecule has 0 aromatic heterocycles. The average molecular weight is 183 g/mol. The van der Waals surface area contributed by atoms with E-state index in [1.54, 1.807) is 0 Å². The van der Waals surface area contributed by atoms with E-state index in [-0.39, 0.29) is 11.9 Å². The molecule has 2 rings (SSSR count). The molecule has 1 aliphatic heterocycles. The standard InChI is InChI=1S/C9H10FNO2/c1-12-8-3-5(10)2-6-7(11)4-13-9(6)8/h2-3,7H,4,11H2,1H3. The van der Waals surface area contributed by atoms with E-state index < -0.39 is 0 Å². The minimum atomic E-state index is -0.350. The van der Waals surface area contributed by atoms with Crippen molar-refractivity contribution < 1.29 is 13.9 Å². The second-order valence-corrected chi connectivity index (χ2v) is 2.94. The monoisotopic (exact) mass is 183 g/mol. The van der Waals surface area contributed by atoms with Crippen molar-refractivity contribution in [2.75, 3.05) is 13.7 Å². The van der Waals surface area contributed by atoms with Gasteiger partial charge in [0.2, 0.25) is 0 Å². The fraction of sp³-hybridized carbons (Fsp3) is 0.333. The number of nitrogens with two attached hydrogens (primary N) is 1. The summed E-state index contributed by atoms with van der Waals surface area (Å²) in [5, 5.41) is 0. The minimum absolute atomic E-state index is 0.250. The van der Waals surface area contributed by atoms with E-state index in [9.17, 15) is 4.39 Å². The van der Waals surface area contributed by atoms with E-state index in [0.717, 1.165) is 0 Å². The van der Waals surface area contributed by atoms with E-state index in [4.69, 9.17) is 15.2 Å². The van der Waals surface area contributed by atoms with Crippen LogP contribution in [0.25, 0.3) is 0 Å². The van der Waals surface area contributed by atoms with E-state index >= 15 is 0 Å². The van der Waals surface area contributed by atoms with Gasteiger partial charge in [0.25, 0.3) is 0 Å². The van der Waals surface area contributed by atoms with E-state index in [1.165, 1.54) is 19.2 Å². The second kappa shape index (κ2) is 2.88. The fourth-order valence-electron chi connectivity index (χ4n) is 1.43. The van der Waals surface area contributed by atoms with Crippen molar-refractivity contribution in [3.63, 3.8) is 0 Å². The van der Waals surface area contributed by atoms with Crippen LogP contribution in [0.1, 0.15) is 11.6 Å². The van der Waals surface area contributed by atoms with E-state index in [1.807, 2.05) is 0 Å². The molecule has 1 aromatic carbocycles. The number of rotatable bonds is 1. The van der Waals surface area contributed by atoms with Crippen molar-refractivity contribution in [3.05, 3.63) is 23.5 Å². The molecule has 0 fully saturated rings. The Morgan fingerprint density at radius 3 is 3.08 bits per heavy atom. The molecule has 1 atom stereocenters. The predicted octanol–water partition coefficient (Wildman–Crippen LogP) is 1.23. The van der Waals surface area contributed by atoms with Gasteiger partial charge >= 0.3 is 0 Å². The molecule has 1 aliphatic rings. The molecule has 70 valence electrons. The Morgan fingerprint density at radius 2 is 2.38 bits per heavy atom. The zero-order valence-electron chi connectivity index (χ0n) is 7.21. The quantitative estimate of drug-likeness (QED) is 0.712. The molecule has 0 saturated carbocycles. The van der Waals surface area contributed by atoms with Gasteiger partial charge in [0.15, 0.2) is 11.5 Å². The summed E-state index contributed by atoms with van der Waals surface area (Å²) in [4.78, 5) is 0. The lowest BCUT2D eigenvalue weighted by Gasteiger charge is -2.06. The minimum Gasteiger partial charge on any atom is -0.493 e. The Labute approximate surface area is 75.3 Å². The van der Waals surface area contributed by atoms with Gasteiger partial charge in [-0.05, 0) is 6.07 Å². The molecule has 0 amide bonds. The van der Waals surface area contributed by atoms with Gasteiger partial charge in [0.1, 0.15) is 12.4 Å². The summed E-state index contributed by atoms with van der Waals surface area (Å²) in [6, 6.07) is 2.42. The van der Waals surface area contributed by atoms with Crippen LogP contribution in [0.15, 0.2) is 12.1 Å². The third kappa shape index (κ3) is 1.23. The van der Waals surface area contributed by atoms with Crippen molar-refractivity contribution in [1.82, 2.24) is 0 Å². The van der Waals surface area contributed by atoms with Gasteiger partial charge in [-0.1, -0.05) is 0 Å². The zero-order chi connectivity index (χ0) is 9.42. The molecular weight excluding hydrogens is 173 g/mol. The first kappa shape index (κ1) is 8.31. The molecule has 0 saturated heterocycles. The van der Waals surface area contributed by atoms with Gasteiger partial charge in [-0.3, -0.25) is 0 Å². The molecule has 13 heavy (non-hydrogen) atoms. The number of methoxy groups -OCH3 is 1. The molecule has 0 radical (unpaired) electrons. The number of fused-ring (bicyclic) bond motifs is 1. The van der Waals surface area contributed by atoms with Gasteiger partial charge in [0.05, 0.1) is 13.2 Å². The Bertz CT molecular complexity index is 341. The molecule has 3 nitrogen and oxygen atoms in total. The van der Waals surface area contributed by atoms with Crippen LogP contribution in [0.2, 0.25) is 0 Å². The summed E-state index contributed by atoms with van der Waals surface area (Å²) in [7, 11) is 1.47.